The third-order valence-electron chi connectivity index (χ3n) is 5.23. The van der Waals surface area contributed by atoms with Gasteiger partial charge in [0.25, 0.3) is 5.91 Å². The van der Waals surface area contributed by atoms with Crippen molar-refractivity contribution >= 4 is 17.6 Å². The summed E-state index contributed by atoms with van der Waals surface area (Å²) in [5.74, 6) is -2.94. The Morgan fingerprint density at radius 1 is 1.20 bits per heavy atom. The molecule has 35 heavy (non-hydrogen) atoms. The van der Waals surface area contributed by atoms with Gasteiger partial charge in [-0.15, -0.1) is 5.10 Å². The Labute approximate surface area is 198 Å². The Morgan fingerprint density at radius 3 is 2.49 bits per heavy atom. The number of carboxylic acids is 1. The van der Waals surface area contributed by atoms with Gasteiger partial charge >= 0.3 is 12.1 Å². The van der Waals surface area contributed by atoms with Gasteiger partial charge in [-0.05, 0) is 43.7 Å². The van der Waals surface area contributed by atoms with Gasteiger partial charge in [0.15, 0.2) is 0 Å². The molecule has 0 bridgehead atoms. The topological polar surface area (TPSA) is 109 Å². The third kappa shape index (κ3) is 7.09. The number of nitrogens with zero attached hydrogens (tertiary/aromatic N) is 3. The number of para-hydroxylation sites is 1. The summed E-state index contributed by atoms with van der Waals surface area (Å²) in [4.78, 5) is 21.6. The van der Waals surface area contributed by atoms with E-state index in [0.717, 1.165) is 16.8 Å². The molecule has 4 rings (SSSR count). The van der Waals surface area contributed by atoms with Gasteiger partial charge in [0.1, 0.15) is 11.4 Å². The number of aliphatic carboxylic acids is 1. The lowest BCUT2D eigenvalue weighted by atomic mass is 10.0. The molecule has 1 unspecified atom stereocenters. The molecule has 3 N–H and O–H groups in total. The van der Waals surface area contributed by atoms with Crippen LogP contribution in [0.25, 0.3) is 11.3 Å². The Balaban J connectivity index is 0.000000429. The Morgan fingerprint density at radius 2 is 1.89 bits per heavy atom. The number of carbonyl (C=O) groups is 2. The second-order valence-electron chi connectivity index (χ2n) is 8.03. The fourth-order valence-corrected chi connectivity index (χ4v) is 3.39. The van der Waals surface area contributed by atoms with Gasteiger partial charge in [0.2, 0.25) is 0 Å². The highest BCUT2D eigenvalue weighted by molar-refractivity contribution is 6.05. The molecule has 3 aromatic rings. The van der Waals surface area contributed by atoms with E-state index in [1.807, 2.05) is 49.4 Å². The van der Waals surface area contributed by atoms with E-state index >= 15 is 0 Å². The summed E-state index contributed by atoms with van der Waals surface area (Å²) < 4.78 is 47.9. The highest BCUT2D eigenvalue weighted by Gasteiger charge is 2.38. The predicted octanol–water partition coefficient (Wildman–Crippen LogP) is 3.84. The molecule has 1 atom stereocenters. The fraction of sp³-hybridized carbons (Fsp3) is 0.304. The number of carbonyl (C=O) groups excluding carboxylic acids is 1. The van der Waals surface area contributed by atoms with E-state index in [1.54, 1.807) is 12.3 Å². The van der Waals surface area contributed by atoms with Gasteiger partial charge in [-0.25, -0.2) is 13.9 Å². The zero-order valence-electron chi connectivity index (χ0n) is 18.6. The van der Waals surface area contributed by atoms with Crippen LogP contribution in [0.3, 0.4) is 0 Å². The molecule has 0 aliphatic carbocycles. The lowest BCUT2D eigenvalue weighted by Gasteiger charge is -2.16. The first-order valence-corrected chi connectivity index (χ1v) is 10.5. The van der Waals surface area contributed by atoms with Crippen molar-refractivity contribution in [2.24, 2.45) is 0 Å². The summed E-state index contributed by atoms with van der Waals surface area (Å²) in [5, 5.41) is 21.3. The summed E-state index contributed by atoms with van der Waals surface area (Å²) in [6.45, 7) is 3.06. The quantitative estimate of drug-likeness (QED) is 0.466. The second kappa shape index (κ2) is 10.6. The third-order valence-corrected chi connectivity index (χ3v) is 5.23. The standard InChI is InChI=1S/C21H22FN5O.C2HF3O2/c1-15-7-8-16(11-18(15)20(28)24-17-5-3-2-4-6-17)19-12-27(26-25-19)14-21(22)9-10-23-13-21;3-2(4,5)1(6)7/h2-8,11-12,23H,9-10,13-14H2,1H3,(H,24,28);(H,6,7). The van der Waals surface area contributed by atoms with Gasteiger partial charge in [0, 0.05) is 23.4 Å². The van der Waals surface area contributed by atoms with Crippen LogP contribution in [0.2, 0.25) is 0 Å². The molecule has 186 valence electrons. The van der Waals surface area contributed by atoms with Crippen molar-refractivity contribution in [3.05, 3.63) is 65.9 Å². The minimum Gasteiger partial charge on any atom is -0.475 e. The van der Waals surface area contributed by atoms with Crippen molar-refractivity contribution in [2.75, 3.05) is 18.4 Å². The second-order valence-corrected chi connectivity index (χ2v) is 8.03. The molecule has 12 heteroatoms. The molecular formula is C23H23F4N5O3. The van der Waals surface area contributed by atoms with E-state index in [0.29, 0.717) is 30.8 Å². The van der Waals surface area contributed by atoms with E-state index in [1.165, 1.54) is 4.68 Å². The van der Waals surface area contributed by atoms with Crippen molar-refractivity contribution < 1.29 is 32.3 Å². The van der Waals surface area contributed by atoms with Crippen molar-refractivity contribution in [3.63, 3.8) is 0 Å². The first kappa shape index (κ1) is 25.8. The number of alkyl halides is 4. The minimum absolute atomic E-state index is 0.167. The number of aromatic nitrogens is 3. The number of amides is 1. The average Bonchev–Trinajstić information content (AvgIpc) is 3.44. The van der Waals surface area contributed by atoms with Crippen LogP contribution in [0.5, 0.6) is 0 Å². The van der Waals surface area contributed by atoms with Crippen LogP contribution in [0.15, 0.2) is 54.7 Å². The maximum absolute atomic E-state index is 14.6. The number of hydrogen-bond acceptors (Lipinski definition) is 5. The molecule has 1 fully saturated rings. The number of benzene rings is 2. The molecular weight excluding hydrogens is 470 g/mol. The van der Waals surface area contributed by atoms with Crippen molar-refractivity contribution in [3.8, 4) is 11.3 Å². The molecule has 1 aliphatic heterocycles. The number of halogens is 4. The van der Waals surface area contributed by atoms with E-state index in [9.17, 15) is 22.4 Å². The summed E-state index contributed by atoms with van der Waals surface area (Å²) in [6, 6.07) is 14.9. The molecule has 2 heterocycles. The Bertz CT molecular complexity index is 1180. The molecule has 1 aromatic heterocycles. The van der Waals surface area contributed by atoms with Gasteiger partial charge in [0.05, 0.1) is 12.7 Å². The largest absolute Gasteiger partial charge is 0.490 e. The first-order chi connectivity index (χ1) is 16.5. The van der Waals surface area contributed by atoms with Crippen LogP contribution in [0.1, 0.15) is 22.3 Å². The SMILES string of the molecule is Cc1ccc(-c2cn(CC3(F)CCNC3)nn2)cc1C(=O)Nc1ccccc1.O=C(O)C(F)(F)F. The van der Waals surface area contributed by atoms with Crippen LogP contribution in [0.4, 0.5) is 23.2 Å². The molecule has 0 saturated carbocycles. The number of aryl methyl sites for hydroxylation is 1. The van der Waals surface area contributed by atoms with Crippen molar-refractivity contribution in [1.29, 1.82) is 0 Å². The van der Waals surface area contributed by atoms with Crippen LogP contribution in [0, 0.1) is 6.92 Å². The number of nitrogens with one attached hydrogen (secondary N) is 2. The summed E-state index contributed by atoms with van der Waals surface area (Å²) in [5.41, 5.74) is 2.26. The first-order valence-electron chi connectivity index (χ1n) is 10.5. The minimum atomic E-state index is -5.08. The molecule has 1 saturated heterocycles. The lowest BCUT2D eigenvalue weighted by molar-refractivity contribution is -0.192. The molecule has 1 aliphatic rings. The number of carboxylic acid groups (broad SMARTS) is 1. The van der Waals surface area contributed by atoms with E-state index in [2.05, 4.69) is 20.9 Å². The van der Waals surface area contributed by atoms with E-state index in [-0.39, 0.29) is 12.5 Å². The zero-order chi connectivity index (χ0) is 25.6. The van der Waals surface area contributed by atoms with Crippen LogP contribution in [-0.2, 0) is 11.3 Å². The van der Waals surface area contributed by atoms with E-state index in [4.69, 9.17) is 9.90 Å². The Hall–Kier alpha value is -3.80. The smallest absolute Gasteiger partial charge is 0.475 e. The molecule has 0 radical (unpaired) electrons. The maximum Gasteiger partial charge on any atom is 0.490 e. The predicted molar refractivity (Wildman–Crippen MR) is 120 cm³/mol. The number of hydrogen-bond donors (Lipinski definition) is 3. The lowest BCUT2D eigenvalue weighted by Crippen LogP contribution is -2.31. The van der Waals surface area contributed by atoms with Crippen LogP contribution in [-0.4, -0.2) is 56.9 Å². The molecule has 2 aromatic carbocycles. The zero-order valence-corrected chi connectivity index (χ0v) is 18.6. The molecule has 1 amide bonds. The highest BCUT2D eigenvalue weighted by Crippen LogP contribution is 2.24. The Kier molecular flexibility index (Phi) is 7.85. The van der Waals surface area contributed by atoms with E-state index < -0.39 is 17.8 Å². The summed E-state index contributed by atoms with van der Waals surface area (Å²) >= 11 is 0. The average molecular weight is 493 g/mol. The number of anilines is 1. The summed E-state index contributed by atoms with van der Waals surface area (Å²) in [6.07, 6.45) is -2.89. The van der Waals surface area contributed by atoms with Crippen molar-refractivity contribution in [1.82, 2.24) is 20.3 Å². The summed E-state index contributed by atoms with van der Waals surface area (Å²) in [7, 11) is 0. The molecule has 8 nitrogen and oxygen atoms in total. The monoisotopic (exact) mass is 493 g/mol. The van der Waals surface area contributed by atoms with Crippen LogP contribution < -0.4 is 10.6 Å². The fourth-order valence-electron chi connectivity index (χ4n) is 3.39. The van der Waals surface area contributed by atoms with Crippen molar-refractivity contribution in [2.45, 2.75) is 31.7 Å². The maximum atomic E-state index is 14.6. The van der Waals surface area contributed by atoms with Gasteiger partial charge < -0.3 is 15.7 Å². The highest BCUT2D eigenvalue weighted by atomic mass is 19.4. The van der Waals surface area contributed by atoms with Gasteiger partial charge in [-0.2, -0.15) is 13.2 Å². The molecule has 0 spiro atoms. The normalized spacial score (nSPS) is 17.4. The van der Waals surface area contributed by atoms with Gasteiger partial charge in [-0.1, -0.05) is 35.5 Å². The van der Waals surface area contributed by atoms with Crippen LogP contribution >= 0.6 is 0 Å². The van der Waals surface area contributed by atoms with Gasteiger partial charge in [-0.3, -0.25) is 4.79 Å². The number of rotatable bonds is 5.